The van der Waals surface area contributed by atoms with Crippen LogP contribution in [0.2, 0.25) is 0 Å². The quantitative estimate of drug-likeness (QED) is 0.807. The van der Waals surface area contributed by atoms with Crippen molar-refractivity contribution in [3.05, 3.63) is 21.7 Å². The third-order valence-corrected chi connectivity index (χ3v) is 4.54. The van der Waals surface area contributed by atoms with Gasteiger partial charge in [0.1, 0.15) is 15.8 Å². The van der Waals surface area contributed by atoms with Gasteiger partial charge in [0.05, 0.1) is 11.3 Å². The summed E-state index contributed by atoms with van der Waals surface area (Å²) in [5, 5.41) is 8.85. The maximum atomic E-state index is 13.4. The van der Waals surface area contributed by atoms with E-state index in [0.29, 0.717) is 18.5 Å². The molecule has 20 heavy (non-hydrogen) atoms. The van der Waals surface area contributed by atoms with Gasteiger partial charge in [0.15, 0.2) is 0 Å². The zero-order chi connectivity index (χ0) is 14.5. The Morgan fingerprint density at radius 3 is 2.60 bits per heavy atom. The number of rotatable bonds is 0. The lowest BCUT2D eigenvalue weighted by atomic mass is 9.90. The monoisotopic (exact) mass is 297 g/mol. The van der Waals surface area contributed by atoms with E-state index in [9.17, 15) is 13.2 Å². The van der Waals surface area contributed by atoms with E-state index >= 15 is 0 Å². The summed E-state index contributed by atoms with van der Waals surface area (Å²) in [4.78, 5) is 4.62. The number of pyridine rings is 1. The van der Waals surface area contributed by atoms with Crippen molar-refractivity contribution in [3.63, 3.8) is 0 Å². The van der Waals surface area contributed by atoms with Crippen molar-refractivity contribution in [1.29, 1.82) is 5.26 Å². The van der Waals surface area contributed by atoms with Crippen LogP contribution in [0.4, 0.5) is 18.9 Å². The number of nitrogens with zero attached hydrogens (tertiary/aromatic N) is 2. The van der Waals surface area contributed by atoms with E-state index in [-0.39, 0.29) is 26.3 Å². The van der Waals surface area contributed by atoms with Gasteiger partial charge < -0.3 is 5.73 Å². The lowest BCUT2D eigenvalue weighted by Crippen LogP contribution is -2.16. The molecule has 0 unspecified atom stereocenters. The largest absolute Gasteiger partial charge is 0.417 e. The number of alkyl halides is 3. The van der Waals surface area contributed by atoms with Gasteiger partial charge in [0.2, 0.25) is 0 Å². The molecule has 0 amide bonds. The molecule has 0 atom stereocenters. The van der Waals surface area contributed by atoms with Crippen molar-refractivity contribution in [3.8, 4) is 6.07 Å². The molecule has 104 valence electrons. The lowest BCUT2D eigenvalue weighted by Gasteiger charge is -2.21. The summed E-state index contributed by atoms with van der Waals surface area (Å²) < 4.78 is 40.3. The van der Waals surface area contributed by atoms with Crippen molar-refractivity contribution < 1.29 is 13.2 Å². The third-order valence-electron chi connectivity index (χ3n) is 3.54. The van der Waals surface area contributed by atoms with E-state index in [0.717, 1.165) is 24.2 Å². The highest BCUT2D eigenvalue weighted by Gasteiger charge is 2.39. The number of anilines is 1. The zero-order valence-electron chi connectivity index (χ0n) is 10.3. The molecule has 7 heteroatoms. The number of nitrogens with two attached hydrogens (primary N) is 1. The zero-order valence-corrected chi connectivity index (χ0v) is 11.2. The Kier molecular flexibility index (Phi) is 2.87. The van der Waals surface area contributed by atoms with Gasteiger partial charge in [-0.25, -0.2) is 4.98 Å². The number of thiophene rings is 1. The highest BCUT2D eigenvalue weighted by Crippen LogP contribution is 2.45. The topological polar surface area (TPSA) is 62.7 Å². The van der Waals surface area contributed by atoms with Gasteiger partial charge in [-0.1, -0.05) is 0 Å². The predicted molar refractivity (Wildman–Crippen MR) is 70.4 cm³/mol. The van der Waals surface area contributed by atoms with Gasteiger partial charge in [0, 0.05) is 11.1 Å². The Labute approximate surface area is 116 Å². The first kappa shape index (κ1) is 13.2. The molecule has 0 spiro atoms. The van der Waals surface area contributed by atoms with Crippen LogP contribution in [0.5, 0.6) is 0 Å². The molecule has 0 saturated heterocycles. The molecule has 0 bridgehead atoms. The summed E-state index contributed by atoms with van der Waals surface area (Å²) in [6, 6.07) is 1.84. The van der Waals surface area contributed by atoms with Crippen molar-refractivity contribution in [1.82, 2.24) is 4.98 Å². The van der Waals surface area contributed by atoms with Crippen LogP contribution in [-0.2, 0) is 19.0 Å². The average molecular weight is 297 g/mol. The van der Waals surface area contributed by atoms with E-state index in [1.54, 1.807) is 0 Å². The Morgan fingerprint density at radius 2 is 1.95 bits per heavy atom. The molecule has 2 aromatic rings. The normalized spacial score (nSPS) is 15.1. The average Bonchev–Trinajstić information content (AvgIpc) is 2.71. The first-order chi connectivity index (χ1) is 9.43. The van der Waals surface area contributed by atoms with Crippen LogP contribution in [0, 0.1) is 11.3 Å². The van der Waals surface area contributed by atoms with E-state index < -0.39 is 11.7 Å². The van der Waals surface area contributed by atoms with Gasteiger partial charge in [-0.15, -0.1) is 11.3 Å². The van der Waals surface area contributed by atoms with Gasteiger partial charge in [-0.2, -0.15) is 18.4 Å². The molecule has 2 heterocycles. The number of aryl methyl sites for hydroxylation is 1. The Morgan fingerprint density at radius 1 is 1.25 bits per heavy atom. The van der Waals surface area contributed by atoms with Crippen LogP contribution < -0.4 is 5.73 Å². The van der Waals surface area contributed by atoms with E-state index in [4.69, 9.17) is 11.0 Å². The van der Waals surface area contributed by atoms with Crippen LogP contribution in [0.25, 0.3) is 10.2 Å². The number of fused-ring (bicyclic) bond motifs is 2. The second kappa shape index (κ2) is 4.35. The molecule has 0 saturated carbocycles. The van der Waals surface area contributed by atoms with Gasteiger partial charge in [0.25, 0.3) is 0 Å². The summed E-state index contributed by atoms with van der Waals surface area (Å²) in [5.41, 5.74) is 5.70. The molecule has 2 N–H and O–H groups in total. The SMILES string of the molecule is N#Cc1sc2nc3c(c(C(F)(F)F)c2c1N)CCCC3. The summed E-state index contributed by atoms with van der Waals surface area (Å²) in [5.74, 6) is 0. The molecule has 3 nitrogen and oxygen atoms in total. The van der Waals surface area contributed by atoms with Crippen LogP contribution in [0.3, 0.4) is 0 Å². The molecule has 0 fully saturated rings. The molecule has 0 aliphatic heterocycles. The standard InChI is InChI=1S/C13H10F3N3S/c14-13(15,16)10-6-3-1-2-4-7(6)19-12-9(10)11(18)8(5-17)20-12/h1-4,18H2. The van der Waals surface area contributed by atoms with Crippen LogP contribution in [0.1, 0.15) is 34.5 Å². The number of hydrogen-bond acceptors (Lipinski definition) is 4. The maximum absolute atomic E-state index is 13.4. The third kappa shape index (κ3) is 1.83. The summed E-state index contributed by atoms with van der Waals surface area (Å²) >= 11 is 0.930. The van der Waals surface area contributed by atoms with E-state index in [2.05, 4.69) is 4.98 Å². The Bertz CT molecular complexity index is 740. The van der Waals surface area contributed by atoms with Gasteiger partial charge in [-0.05, 0) is 31.2 Å². The lowest BCUT2D eigenvalue weighted by molar-refractivity contribution is -0.137. The first-order valence-corrected chi connectivity index (χ1v) is 6.96. The number of hydrogen-bond donors (Lipinski definition) is 1. The summed E-state index contributed by atoms with van der Waals surface area (Å²) in [6.07, 6.45) is -2.00. The summed E-state index contributed by atoms with van der Waals surface area (Å²) in [6.45, 7) is 0. The maximum Gasteiger partial charge on any atom is 0.417 e. The van der Waals surface area contributed by atoms with Crippen molar-refractivity contribution >= 4 is 27.2 Å². The number of nitrogen functional groups attached to an aromatic ring is 1. The fraction of sp³-hybridized carbons (Fsp3) is 0.385. The van der Waals surface area contributed by atoms with Crippen molar-refractivity contribution in [2.45, 2.75) is 31.9 Å². The fourth-order valence-corrected chi connectivity index (χ4v) is 3.62. The summed E-state index contributed by atoms with van der Waals surface area (Å²) in [7, 11) is 0. The molecule has 3 rings (SSSR count). The molecule has 1 aliphatic rings. The minimum atomic E-state index is -4.48. The number of aromatic nitrogens is 1. The van der Waals surface area contributed by atoms with Gasteiger partial charge >= 0.3 is 6.18 Å². The number of nitriles is 1. The predicted octanol–water partition coefficient (Wildman–Crippen LogP) is 3.65. The van der Waals surface area contributed by atoms with Crippen LogP contribution in [0.15, 0.2) is 0 Å². The van der Waals surface area contributed by atoms with Crippen molar-refractivity contribution in [2.24, 2.45) is 0 Å². The minimum absolute atomic E-state index is 0.0966. The first-order valence-electron chi connectivity index (χ1n) is 6.14. The smallest absolute Gasteiger partial charge is 0.396 e. The van der Waals surface area contributed by atoms with Gasteiger partial charge in [-0.3, -0.25) is 0 Å². The second-order valence-electron chi connectivity index (χ2n) is 4.75. The molecule has 0 aromatic carbocycles. The van der Waals surface area contributed by atoms with E-state index in [1.165, 1.54) is 0 Å². The van der Waals surface area contributed by atoms with Crippen molar-refractivity contribution in [2.75, 3.05) is 5.73 Å². The fourth-order valence-electron chi connectivity index (χ4n) is 2.70. The van der Waals surface area contributed by atoms with E-state index in [1.807, 2.05) is 6.07 Å². The Balaban J connectivity index is 2.46. The second-order valence-corrected chi connectivity index (χ2v) is 5.75. The number of halogens is 3. The molecular weight excluding hydrogens is 287 g/mol. The molecule has 1 aliphatic carbocycles. The highest BCUT2D eigenvalue weighted by atomic mass is 32.1. The highest BCUT2D eigenvalue weighted by molar-refractivity contribution is 7.19. The van der Waals surface area contributed by atoms with Crippen LogP contribution in [-0.4, -0.2) is 4.98 Å². The Hall–Kier alpha value is -1.81. The minimum Gasteiger partial charge on any atom is -0.396 e. The molecular formula is C13H10F3N3S. The molecule has 2 aromatic heterocycles. The van der Waals surface area contributed by atoms with Crippen LogP contribution >= 0.6 is 11.3 Å². The molecule has 0 radical (unpaired) electrons.